The number of hydrogen-bond donors (Lipinski definition) is 2. The van der Waals surface area contributed by atoms with E-state index in [9.17, 15) is 4.39 Å². The van der Waals surface area contributed by atoms with E-state index in [1.165, 1.54) is 25.6 Å². The van der Waals surface area contributed by atoms with Crippen molar-refractivity contribution in [1.82, 2.24) is 15.4 Å². The molecule has 2 aromatic rings. The lowest BCUT2D eigenvalue weighted by Crippen LogP contribution is -2.30. The number of hydrogen-bond acceptors (Lipinski definition) is 5. The molecule has 7 heteroatoms. The number of nitrogens with two attached hydrogens (primary N) is 1. The molecule has 1 aromatic heterocycles. The summed E-state index contributed by atoms with van der Waals surface area (Å²) in [5, 5.41) is 0. The molecule has 100 valence electrons. The number of methoxy groups -OCH3 is 1. The van der Waals surface area contributed by atoms with Crippen molar-refractivity contribution in [2.45, 2.75) is 6.04 Å². The van der Waals surface area contributed by atoms with Crippen molar-refractivity contribution in [2.24, 2.45) is 5.84 Å². The number of halogens is 2. The highest BCUT2D eigenvalue weighted by Crippen LogP contribution is 2.29. The summed E-state index contributed by atoms with van der Waals surface area (Å²) in [5.74, 6) is 5.43. The summed E-state index contributed by atoms with van der Waals surface area (Å²) in [6, 6.07) is 3.95. The van der Waals surface area contributed by atoms with Crippen molar-refractivity contribution < 1.29 is 9.13 Å². The van der Waals surface area contributed by atoms with E-state index < -0.39 is 6.04 Å². The zero-order chi connectivity index (χ0) is 13.8. The van der Waals surface area contributed by atoms with Gasteiger partial charge in [0.2, 0.25) is 5.88 Å². The van der Waals surface area contributed by atoms with Crippen molar-refractivity contribution >= 4 is 15.9 Å². The Hall–Kier alpha value is -1.57. The van der Waals surface area contributed by atoms with Gasteiger partial charge in [-0.2, -0.15) is 0 Å². The molecular formula is C12H12BrFN4O. The highest BCUT2D eigenvalue weighted by Gasteiger charge is 2.22. The molecule has 1 atom stereocenters. The summed E-state index contributed by atoms with van der Waals surface area (Å²) < 4.78 is 19.8. The summed E-state index contributed by atoms with van der Waals surface area (Å²) in [5.41, 5.74) is 3.31. The standard InChI is InChI=1S/C12H12BrFN4O/c1-19-12-11(16-4-5-17-12)10(18-15)8-6-7(13)2-3-9(8)14/h2-6,10,18H,15H2,1H3. The Kier molecular flexibility index (Phi) is 4.41. The first-order valence-corrected chi connectivity index (χ1v) is 6.22. The van der Waals surface area contributed by atoms with Crippen LogP contribution < -0.4 is 16.0 Å². The first-order valence-electron chi connectivity index (χ1n) is 5.43. The molecule has 5 nitrogen and oxygen atoms in total. The topological polar surface area (TPSA) is 73.1 Å². The summed E-state index contributed by atoms with van der Waals surface area (Å²) in [7, 11) is 1.47. The minimum absolute atomic E-state index is 0.296. The van der Waals surface area contributed by atoms with Crippen molar-refractivity contribution in [3.05, 3.63) is 52.1 Å². The van der Waals surface area contributed by atoms with E-state index in [0.29, 0.717) is 17.1 Å². The van der Waals surface area contributed by atoms with E-state index in [1.54, 1.807) is 12.1 Å². The van der Waals surface area contributed by atoms with Gasteiger partial charge in [-0.15, -0.1) is 0 Å². The van der Waals surface area contributed by atoms with Crippen LogP contribution in [0.1, 0.15) is 17.3 Å². The summed E-state index contributed by atoms with van der Waals surface area (Å²) in [6.07, 6.45) is 2.99. The maximum atomic E-state index is 13.9. The van der Waals surface area contributed by atoms with E-state index in [2.05, 4.69) is 31.3 Å². The van der Waals surface area contributed by atoms with Gasteiger partial charge < -0.3 is 4.74 Å². The van der Waals surface area contributed by atoms with E-state index in [0.717, 1.165) is 4.47 Å². The summed E-state index contributed by atoms with van der Waals surface area (Å²) in [6.45, 7) is 0. The Bertz CT molecular complexity index is 581. The second kappa shape index (κ2) is 6.05. The molecule has 0 fully saturated rings. The zero-order valence-electron chi connectivity index (χ0n) is 10.1. The Morgan fingerprint density at radius 2 is 2.11 bits per heavy atom. The number of nitrogens with zero attached hydrogens (tertiary/aromatic N) is 2. The monoisotopic (exact) mass is 326 g/mol. The van der Waals surface area contributed by atoms with Gasteiger partial charge in [-0.25, -0.2) is 14.8 Å². The number of ether oxygens (including phenoxy) is 1. The predicted octanol–water partition coefficient (Wildman–Crippen LogP) is 1.94. The van der Waals surface area contributed by atoms with Crippen LogP contribution in [-0.2, 0) is 0 Å². The van der Waals surface area contributed by atoms with Crippen LogP contribution in [0.3, 0.4) is 0 Å². The van der Waals surface area contributed by atoms with Crippen LogP contribution in [0.2, 0.25) is 0 Å². The molecule has 2 rings (SSSR count). The van der Waals surface area contributed by atoms with Gasteiger partial charge in [0.25, 0.3) is 0 Å². The molecule has 1 unspecified atom stereocenters. The molecule has 0 aliphatic heterocycles. The quantitative estimate of drug-likeness (QED) is 0.663. The Balaban J connectivity index is 2.53. The minimum atomic E-state index is -0.652. The fourth-order valence-corrected chi connectivity index (χ4v) is 2.12. The highest BCUT2D eigenvalue weighted by molar-refractivity contribution is 9.10. The number of nitrogens with one attached hydrogen (secondary N) is 1. The number of hydrazine groups is 1. The van der Waals surface area contributed by atoms with Gasteiger partial charge in [-0.3, -0.25) is 10.8 Å². The molecule has 19 heavy (non-hydrogen) atoms. The van der Waals surface area contributed by atoms with E-state index >= 15 is 0 Å². The summed E-state index contributed by atoms with van der Waals surface area (Å²) in [4.78, 5) is 8.19. The Morgan fingerprint density at radius 1 is 1.37 bits per heavy atom. The van der Waals surface area contributed by atoms with Gasteiger partial charge in [0.15, 0.2) is 0 Å². The SMILES string of the molecule is COc1nccnc1C(NN)c1cc(Br)ccc1F. The zero-order valence-corrected chi connectivity index (χ0v) is 11.7. The summed E-state index contributed by atoms with van der Waals surface area (Å²) >= 11 is 3.30. The van der Waals surface area contributed by atoms with Crippen molar-refractivity contribution in [2.75, 3.05) is 7.11 Å². The minimum Gasteiger partial charge on any atom is -0.480 e. The van der Waals surface area contributed by atoms with Gasteiger partial charge in [-0.1, -0.05) is 15.9 Å². The molecule has 0 saturated carbocycles. The third-order valence-corrected chi connectivity index (χ3v) is 3.09. The largest absolute Gasteiger partial charge is 0.480 e. The fraction of sp³-hybridized carbons (Fsp3) is 0.167. The third-order valence-electron chi connectivity index (χ3n) is 2.59. The van der Waals surface area contributed by atoms with Crippen LogP contribution in [-0.4, -0.2) is 17.1 Å². The maximum Gasteiger partial charge on any atom is 0.237 e. The molecule has 0 bridgehead atoms. The van der Waals surface area contributed by atoms with Gasteiger partial charge >= 0.3 is 0 Å². The van der Waals surface area contributed by atoms with E-state index in [1.807, 2.05) is 0 Å². The van der Waals surface area contributed by atoms with Gasteiger partial charge in [-0.05, 0) is 18.2 Å². The van der Waals surface area contributed by atoms with Crippen LogP contribution >= 0.6 is 15.9 Å². The van der Waals surface area contributed by atoms with Crippen LogP contribution in [0, 0.1) is 5.82 Å². The number of rotatable bonds is 4. The van der Waals surface area contributed by atoms with Gasteiger partial charge in [0.1, 0.15) is 11.5 Å². The lowest BCUT2D eigenvalue weighted by molar-refractivity contribution is 0.382. The molecule has 0 saturated heterocycles. The molecule has 0 amide bonds. The molecule has 1 heterocycles. The van der Waals surface area contributed by atoms with Crippen LogP contribution in [0.5, 0.6) is 5.88 Å². The average Bonchev–Trinajstić information content (AvgIpc) is 2.44. The second-order valence-electron chi connectivity index (χ2n) is 3.72. The maximum absolute atomic E-state index is 13.9. The van der Waals surface area contributed by atoms with Crippen molar-refractivity contribution in [3.8, 4) is 5.88 Å². The number of benzene rings is 1. The normalized spacial score (nSPS) is 12.2. The first kappa shape index (κ1) is 13.9. The fourth-order valence-electron chi connectivity index (χ4n) is 1.74. The molecule has 0 aliphatic carbocycles. The van der Waals surface area contributed by atoms with Gasteiger partial charge in [0.05, 0.1) is 13.2 Å². The third kappa shape index (κ3) is 2.89. The van der Waals surface area contributed by atoms with Crippen LogP contribution in [0.4, 0.5) is 4.39 Å². The Morgan fingerprint density at radius 3 is 2.79 bits per heavy atom. The first-order chi connectivity index (χ1) is 9.17. The predicted molar refractivity (Wildman–Crippen MR) is 71.9 cm³/mol. The lowest BCUT2D eigenvalue weighted by Gasteiger charge is -2.18. The molecule has 3 N–H and O–H groups in total. The van der Waals surface area contributed by atoms with Crippen LogP contribution in [0.15, 0.2) is 35.1 Å². The molecular weight excluding hydrogens is 315 g/mol. The number of aromatic nitrogens is 2. The molecule has 0 spiro atoms. The second-order valence-corrected chi connectivity index (χ2v) is 4.63. The Labute approximate surface area is 118 Å². The lowest BCUT2D eigenvalue weighted by atomic mass is 10.0. The van der Waals surface area contributed by atoms with Crippen LogP contribution in [0.25, 0.3) is 0 Å². The molecule has 0 aliphatic rings. The van der Waals surface area contributed by atoms with Crippen molar-refractivity contribution in [3.63, 3.8) is 0 Å². The van der Waals surface area contributed by atoms with Gasteiger partial charge in [0, 0.05) is 22.4 Å². The highest BCUT2D eigenvalue weighted by atomic mass is 79.9. The van der Waals surface area contributed by atoms with E-state index in [4.69, 9.17) is 10.6 Å². The molecule has 1 aromatic carbocycles. The van der Waals surface area contributed by atoms with E-state index in [-0.39, 0.29) is 5.82 Å². The molecule has 0 radical (unpaired) electrons. The smallest absolute Gasteiger partial charge is 0.237 e. The van der Waals surface area contributed by atoms with Crippen molar-refractivity contribution in [1.29, 1.82) is 0 Å². The average molecular weight is 327 g/mol.